The molecule has 5 nitrogen and oxygen atoms in total. The maximum Gasteiger partial charge on any atom is 0.221 e. The van der Waals surface area contributed by atoms with Crippen LogP contribution in [0.1, 0.15) is 18.9 Å². The highest BCUT2D eigenvalue weighted by Gasteiger charge is 2.04. The molecule has 0 bridgehead atoms. The quantitative estimate of drug-likeness (QED) is 0.690. The summed E-state index contributed by atoms with van der Waals surface area (Å²) in [5.41, 5.74) is 6.56. The monoisotopic (exact) mass is 266 g/mol. The third kappa shape index (κ3) is 6.79. The van der Waals surface area contributed by atoms with Gasteiger partial charge in [-0.2, -0.15) is 0 Å². The zero-order chi connectivity index (χ0) is 14.1. The molecule has 1 aromatic carbocycles. The van der Waals surface area contributed by atoms with Crippen LogP contribution in [0.5, 0.6) is 5.75 Å². The minimum atomic E-state index is -0.122. The molecule has 19 heavy (non-hydrogen) atoms. The first-order valence-corrected chi connectivity index (χ1v) is 6.34. The van der Waals surface area contributed by atoms with Gasteiger partial charge in [0.1, 0.15) is 12.4 Å². The van der Waals surface area contributed by atoms with Crippen molar-refractivity contribution < 1.29 is 14.3 Å². The van der Waals surface area contributed by atoms with E-state index in [2.05, 4.69) is 5.32 Å². The largest absolute Gasteiger partial charge is 0.491 e. The number of rotatable bonds is 8. The van der Waals surface area contributed by atoms with Gasteiger partial charge in [-0.05, 0) is 24.6 Å². The van der Waals surface area contributed by atoms with Gasteiger partial charge in [0.25, 0.3) is 0 Å². The number of nitrogens with two attached hydrogens (primary N) is 1. The van der Waals surface area contributed by atoms with Crippen LogP contribution in [0.15, 0.2) is 24.3 Å². The zero-order valence-electron chi connectivity index (χ0n) is 11.5. The van der Waals surface area contributed by atoms with Crippen molar-refractivity contribution in [3.8, 4) is 5.75 Å². The second-order valence-corrected chi connectivity index (χ2v) is 4.45. The summed E-state index contributed by atoms with van der Waals surface area (Å²) in [5, 5.41) is 2.83. The predicted molar refractivity (Wildman–Crippen MR) is 73.9 cm³/mol. The van der Waals surface area contributed by atoms with Gasteiger partial charge in [-0.3, -0.25) is 4.79 Å². The molecule has 106 valence electrons. The summed E-state index contributed by atoms with van der Waals surface area (Å²) in [5.74, 6) is 0.733. The SMILES string of the molecule is COCCOc1cccc(CNC(=O)CC(C)N)c1. The van der Waals surface area contributed by atoms with Gasteiger partial charge < -0.3 is 20.5 Å². The van der Waals surface area contributed by atoms with Crippen LogP contribution < -0.4 is 15.8 Å². The Bertz CT molecular complexity index is 394. The van der Waals surface area contributed by atoms with Crippen LogP contribution in [0, 0.1) is 0 Å². The topological polar surface area (TPSA) is 73.6 Å². The number of amides is 1. The van der Waals surface area contributed by atoms with E-state index in [1.807, 2.05) is 31.2 Å². The van der Waals surface area contributed by atoms with Gasteiger partial charge in [-0.15, -0.1) is 0 Å². The lowest BCUT2D eigenvalue weighted by molar-refractivity contribution is -0.121. The molecule has 0 saturated heterocycles. The Morgan fingerprint density at radius 2 is 2.21 bits per heavy atom. The van der Waals surface area contributed by atoms with Crippen molar-refractivity contribution in [1.29, 1.82) is 0 Å². The molecular formula is C14H22N2O3. The lowest BCUT2D eigenvalue weighted by Gasteiger charge is -2.09. The van der Waals surface area contributed by atoms with Crippen molar-refractivity contribution in [2.75, 3.05) is 20.3 Å². The number of nitrogens with one attached hydrogen (secondary N) is 1. The molecule has 0 aliphatic rings. The van der Waals surface area contributed by atoms with Crippen molar-refractivity contribution in [2.24, 2.45) is 5.73 Å². The second-order valence-electron chi connectivity index (χ2n) is 4.45. The fourth-order valence-corrected chi connectivity index (χ4v) is 1.55. The predicted octanol–water partition coefficient (Wildman–Crippen LogP) is 1.07. The smallest absolute Gasteiger partial charge is 0.221 e. The maximum absolute atomic E-state index is 11.5. The van der Waals surface area contributed by atoms with E-state index in [1.165, 1.54) is 0 Å². The molecule has 0 radical (unpaired) electrons. The summed E-state index contributed by atoms with van der Waals surface area (Å²) in [6.07, 6.45) is 0.337. The Hall–Kier alpha value is -1.59. The van der Waals surface area contributed by atoms with Crippen molar-refractivity contribution in [1.82, 2.24) is 5.32 Å². The van der Waals surface area contributed by atoms with Gasteiger partial charge >= 0.3 is 0 Å². The number of methoxy groups -OCH3 is 1. The maximum atomic E-state index is 11.5. The summed E-state index contributed by atoms with van der Waals surface area (Å²) in [6.45, 7) is 3.35. The Morgan fingerprint density at radius 3 is 2.89 bits per heavy atom. The molecule has 0 saturated carbocycles. The molecule has 0 spiro atoms. The van der Waals surface area contributed by atoms with Crippen molar-refractivity contribution in [3.63, 3.8) is 0 Å². The van der Waals surface area contributed by atoms with E-state index in [0.29, 0.717) is 26.2 Å². The fraction of sp³-hybridized carbons (Fsp3) is 0.500. The molecule has 0 aliphatic carbocycles. The average molecular weight is 266 g/mol. The second kappa shape index (κ2) is 8.50. The number of carbonyl (C=O) groups is 1. The fourth-order valence-electron chi connectivity index (χ4n) is 1.55. The van der Waals surface area contributed by atoms with Crippen LogP contribution in [0.3, 0.4) is 0 Å². The highest BCUT2D eigenvalue weighted by atomic mass is 16.5. The summed E-state index contributed by atoms with van der Waals surface area (Å²) in [4.78, 5) is 11.5. The van der Waals surface area contributed by atoms with Gasteiger partial charge in [-0.1, -0.05) is 12.1 Å². The Morgan fingerprint density at radius 1 is 1.42 bits per heavy atom. The van der Waals surface area contributed by atoms with E-state index in [9.17, 15) is 4.79 Å². The number of hydrogen-bond donors (Lipinski definition) is 2. The number of ether oxygens (including phenoxy) is 2. The molecule has 1 amide bonds. The van der Waals surface area contributed by atoms with E-state index < -0.39 is 0 Å². The van der Waals surface area contributed by atoms with Crippen LogP contribution in [-0.2, 0) is 16.1 Å². The molecule has 5 heteroatoms. The van der Waals surface area contributed by atoms with E-state index in [4.69, 9.17) is 15.2 Å². The van der Waals surface area contributed by atoms with E-state index in [-0.39, 0.29) is 11.9 Å². The van der Waals surface area contributed by atoms with Crippen molar-refractivity contribution in [2.45, 2.75) is 25.9 Å². The molecule has 0 aliphatic heterocycles. The lowest BCUT2D eigenvalue weighted by atomic mass is 10.2. The van der Waals surface area contributed by atoms with Crippen LogP contribution in [0.25, 0.3) is 0 Å². The first kappa shape index (κ1) is 15.5. The third-order valence-electron chi connectivity index (χ3n) is 2.45. The van der Waals surface area contributed by atoms with E-state index >= 15 is 0 Å². The molecular weight excluding hydrogens is 244 g/mol. The molecule has 1 atom stereocenters. The summed E-state index contributed by atoms with van der Waals surface area (Å²) >= 11 is 0. The summed E-state index contributed by atoms with van der Waals surface area (Å²) in [7, 11) is 1.63. The number of hydrogen-bond acceptors (Lipinski definition) is 4. The third-order valence-corrected chi connectivity index (χ3v) is 2.45. The first-order valence-electron chi connectivity index (χ1n) is 6.34. The summed E-state index contributed by atoms with van der Waals surface area (Å²) < 4.78 is 10.4. The Kier molecular flexibility index (Phi) is 6.92. The Balaban J connectivity index is 2.41. The van der Waals surface area contributed by atoms with Crippen LogP contribution in [0.4, 0.5) is 0 Å². The highest BCUT2D eigenvalue weighted by molar-refractivity contribution is 5.76. The minimum absolute atomic E-state index is 0.0410. The normalized spacial score (nSPS) is 11.9. The molecule has 1 aromatic rings. The van der Waals surface area contributed by atoms with Gasteiger partial charge in [0.2, 0.25) is 5.91 Å². The Labute approximate surface area is 114 Å². The highest BCUT2D eigenvalue weighted by Crippen LogP contribution is 2.13. The van der Waals surface area contributed by atoms with Gasteiger partial charge in [0.15, 0.2) is 0 Å². The summed E-state index contributed by atoms with van der Waals surface area (Å²) in [6, 6.07) is 7.50. The standard InChI is InChI=1S/C14H22N2O3/c1-11(15)8-14(17)16-10-12-4-3-5-13(9-12)19-7-6-18-2/h3-5,9,11H,6-8,10,15H2,1-2H3,(H,16,17). The molecule has 0 aromatic heterocycles. The van der Waals surface area contributed by atoms with Crippen LogP contribution >= 0.6 is 0 Å². The number of carbonyl (C=O) groups excluding carboxylic acids is 1. The molecule has 3 N–H and O–H groups in total. The molecule has 1 rings (SSSR count). The average Bonchev–Trinajstić information content (AvgIpc) is 2.36. The number of benzene rings is 1. The lowest BCUT2D eigenvalue weighted by Crippen LogP contribution is -2.29. The zero-order valence-corrected chi connectivity index (χ0v) is 11.5. The first-order chi connectivity index (χ1) is 9.11. The molecule has 0 heterocycles. The van der Waals surface area contributed by atoms with E-state index in [0.717, 1.165) is 11.3 Å². The van der Waals surface area contributed by atoms with Gasteiger partial charge in [-0.25, -0.2) is 0 Å². The minimum Gasteiger partial charge on any atom is -0.491 e. The van der Waals surface area contributed by atoms with E-state index in [1.54, 1.807) is 7.11 Å². The van der Waals surface area contributed by atoms with Gasteiger partial charge in [0, 0.05) is 26.1 Å². The van der Waals surface area contributed by atoms with Crippen molar-refractivity contribution in [3.05, 3.63) is 29.8 Å². The van der Waals surface area contributed by atoms with Crippen molar-refractivity contribution >= 4 is 5.91 Å². The van der Waals surface area contributed by atoms with Crippen LogP contribution in [0.2, 0.25) is 0 Å². The van der Waals surface area contributed by atoms with Crippen LogP contribution in [-0.4, -0.2) is 32.3 Å². The van der Waals surface area contributed by atoms with Gasteiger partial charge in [0.05, 0.1) is 6.61 Å². The molecule has 1 unspecified atom stereocenters. The molecule has 0 fully saturated rings.